The lowest BCUT2D eigenvalue weighted by Gasteiger charge is -2.13. The van der Waals surface area contributed by atoms with E-state index in [1.54, 1.807) is 20.0 Å². The van der Waals surface area contributed by atoms with E-state index in [0.29, 0.717) is 5.02 Å². The van der Waals surface area contributed by atoms with Gasteiger partial charge >= 0.3 is 0 Å². The zero-order valence-electron chi connectivity index (χ0n) is 9.07. The molecule has 2 nitrogen and oxygen atoms in total. The molecule has 0 aliphatic heterocycles. The van der Waals surface area contributed by atoms with E-state index < -0.39 is 5.60 Å². The minimum atomic E-state index is -0.850. The van der Waals surface area contributed by atoms with Crippen molar-refractivity contribution in [2.24, 2.45) is 0 Å². The second kappa shape index (κ2) is 4.17. The lowest BCUT2D eigenvalue weighted by molar-refractivity contribution is 0.0823. The van der Waals surface area contributed by atoms with E-state index in [1.807, 2.05) is 24.3 Å². The lowest BCUT2D eigenvalue weighted by Crippen LogP contribution is -2.12. The van der Waals surface area contributed by atoms with Crippen molar-refractivity contribution >= 4 is 22.9 Å². The first kappa shape index (κ1) is 11.6. The van der Waals surface area contributed by atoms with Gasteiger partial charge in [0.1, 0.15) is 5.01 Å². The molecule has 1 aromatic heterocycles. The molecule has 0 radical (unpaired) electrons. The Morgan fingerprint density at radius 2 is 2.00 bits per heavy atom. The maximum absolute atomic E-state index is 9.86. The highest BCUT2D eigenvalue weighted by molar-refractivity contribution is 7.15. The van der Waals surface area contributed by atoms with Crippen LogP contribution in [0.3, 0.4) is 0 Å². The van der Waals surface area contributed by atoms with Crippen molar-refractivity contribution in [1.82, 2.24) is 4.98 Å². The predicted molar refractivity (Wildman–Crippen MR) is 67.8 cm³/mol. The van der Waals surface area contributed by atoms with Crippen LogP contribution in [0, 0.1) is 0 Å². The number of aliphatic hydroxyl groups is 1. The lowest BCUT2D eigenvalue weighted by atomic mass is 10.1. The van der Waals surface area contributed by atoms with Gasteiger partial charge in [0, 0.05) is 11.8 Å². The molecule has 2 rings (SSSR count). The average molecular weight is 254 g/mol. The molecule has 0 aliphatic carbocycles. The number of hydrogen-bond donors (Lipinski definition) is 1. The first-order valence-electron chi connectivity index (χ1n) is 4.92. The monoisotopic (exact) mass is 253 g/mol. The number of benzene rings is 1. The summed E-state index contributed by atoms with van der Waals surface area (Å²) in [6.45, 7) is 3.49. The summed E-state index contributed by atoms with van der Waals surface area (Å²) in [5, 5.41) is 11.4. The van der Waals surface area contributed by atoms with Crippen LogP contribution >= 0.6 is 22.9 Å². The Morgan fingerprint density at radius 1 is 1.31 bits per heavy atom. The third kappa shape index (κ3) is 2.26. The number of nitrogens with zero attached hydrogens (tertiary/aromatic N) is 1. The number of rotatable bonds is 2. The normalized spacial score (nSPS) is 11.8. The molecule has 0 amide bonds. The van der Waals surface area contributed by atoms with E-state index in [0.717, 1.165) is 15.4 Å². The Kier molecular flexibility index (Phi) is 3.02. The summed E-state index contributed by atoms with van der Waals surface area (Å²) >= 11 is 7.55. The van der Waals surface area contributed by atoms with Crippen molar-refractivity contribution in [1.29, 1.82) is 0 Å². The fraction of sp³-hybridized carbons (Fsp3) is 0.250. The highest BCUT2D eigenvalue weighted by atomic mass is 35.5. The Balaban J connectivity index is 2.44. The summed E-state index contributed by atoms with van der Waals surface area (Å²) in [5.41, 5.74) is 0.0571. The molecule has 0 saturated heterocycles. The summed E-state index contributed by atoms with van der Waals surface area (Å²) in [5.74, 6) is 0. The topological polar surface area (TPSA) is 33.1 Å². The number of halogens is 1. The number of thiazole rings is 1. The second-order valence-electron chi connectivity index (χ2n) is 4.07. The Labute approximate surface area is 104 Å². The molecule has 1 aromatic carbocycles. The van der Waals surface area contributed by atoms with Crippen molar-refractivity contribution in [3.05, 3.63) is 40.4 Å². The van der Waals surface area contributed by atoms with Crippen LogP contribution in [-0.4, -0.2) is 10.1 Å². The van der Waals surface area contributed by atoms with E-state index in [9.17, 15) is 5.11 Å². The molecule has 0 spiro atoms. The van der Waals surface area contributed by atoms with Gasteiger partial charge < -0.3 is 5.11 Å². The van der Waals surface area contributed by atoms with Crippen molar-refractivity contribution < 1.29 is 5.11 Å². The molecular formula is C12H12ClNOS. The summed E-state index contributed by atoms with van der Waals surface area (Å²) in [4.78, 5) is 5.12. The molecule has 1 heterocycles. The minimum absolute atomic E-state index is 0.680. The molecular weight excluding hydrogens is 242 g/mol. The Hall–Kier alpha value is -0.900. The average Bonchev–Trinajstić information content (AvgIpc) is 2.66. The van der Waals surface area contributed by atoms with Crippen molar-refractivity contribution in [2.45, 2.75) is 19.4 Å². The van der Waals surface area contributed by atoms with Gasteiger partial charge in [0.25, 0.3) is 0 Å². The highest BCUT2D eigenvalue weighted by Gasteiger charge is 2.20. The van der Waals surface area contributed by atoms with Crippen LogP contribution in [0.25, 0.3) is 10.6 Å². The maximum atomic E-state index is 9.86. The molecule has 1 N–H and O–H groups in total. The molecule has 0 fully saturated rings. The van der Waals surface area contributed by atoms with Gasteiger partial charge in [-0.2, -0.15) is 0 Å². The van der Waals surface area contributed by atoms with Crippen LogP contribution in [0.1, 0.15) is 18.7 Å². The molecule has 0 aliphatic rings. The zero-order valence-corrected chi connectivity index (χ0v) is 10.6. The van der Waals surface area contributed by atoms with E-state index in [-0.39, 0.29) is 0 Å². The van der Waals surface area contributed by atoms with Crippen molar-refractivity contribution in [3.8, 4) is 10.6 Å². The Morgan fingerprint density at radius 3 is 2.56 bits per heavy atom. The SMILES string of the molecule is CC(C)(O)c1cnc(-c2ccccc2Cl)s1. The van der Waals surface area contributed by atoms with Gasteiger partial charge in [-0.25, -0.2) is 4.98 Å². The molecule has 0 atom stereocenters. The molecule has 4 heteroatoms. The molecule has 84 valence electrons. The van der Waals surface area contributed by atoms with Crippen LogP contribution in [0.2, 0.25) is 5.02 Å². The van der Waals surface area contributed by atoms with Gasteiger partial charge in [0.15, 0.2) is 0 Å². The maximum Gasteiger partial charge on any atom is 0.125 e. The standard InChI is InChI=1S/C12H12ClNOS/c1-12(2,15)10-7-14-11(16-10)8-5-3-4-6-9(8)13/h3-7,15H,1-2H3. The van der Waals surface area contributed by atoms with Gasteiger partial charge in [-0.3, -0.25) is 0 Å². The predicted octanol–water partition coefficient (Wildman–Crippen LogP) is 3.69. The smallest absolute Gasteiger partial charge is 0.125 e. The van der Waals surface area contributed by atoms with Crippen molar-refractivity contribution in [3.63, 3.8) is 0 Å². The Bertz CT molecular complexity index is 502. The fourth-order valence-corrected chi connectivity index (χ4v) is 2.55. The quantitative estimate of drug-likeness (QED) is 0.886. The van der Waals surface area contributed by atoms with Crippen LogP contribution < -0.4 is 0 Å². The molecule has 0 unspecified atom stereocenters. The van der Waals surface area contributed by atoms with Gasteiger partial charge in [-0.1, -0.05) is 29.8 Å². The van der Waals surface area contributed by atoms with E-state index in [2.05, 4.69) is 4.98 Å². The highest BCUT2D eigenvalue weighted by Crippen LogP contribution is 2.34. The number of aromatic nitrogens is 1. The van der Waals surface area contributed by atoms with Crippen LogP contribution in [0.15, 0.2) is 30.5 Å². The summed E-state index contributed by atoms with van der Waals surface area (Å²) in [6.07, 6.45) is 1.70. The van der Waals surface area contributed by atoms with Gasteiger partial charge in [-0.15, -0.1) is 11.3 Å². The van der Waals surface area contributed by atoms with Gasteiger partial charge in [-0.05, 0) is 19.9 Å². The molecule has 0 saturated carbocycles. The third-order valence-corrected chi connectivity index (χ3v) is 3.89. The number of hydrogen-bond acceptors (Lipinski definition) is 3. The molecule has 0 bridgehead atoms. The third-order valence-electron chi connectivity index (χ3n) is 2.21. The van der Waals surface area contributed by atoms with Crippen molar-refractivity contribution in [2.75, 3.05) is 0 Å². The fourth-order valence-electron chi connectivity index (χ4n) is 1.32. The minimum Gasteiger partial charge on any atom is -0.385 e. The molecule has 16 heavy (non-hydrogen) atoms. The second-order valence-corrected chi connectivity index (χ2v) is 5.51. The first-order chi connectivity index (χ1) is 7.48. The summed E-state index contributed by atoms with van der Waals surface area (Å²) in [6, 6.07) is 7.57. The zero-order chi connectivity index (χ0) is 11.8. The van der Waals surface area contributed by atoms with E-state index in [4.69, 9.17) is 11.6 Å². The van der Waals surface area contributed by atoms with Gasteiger partial charge in [0.05, 0.1) is 15.5 Å². The van der Waals surface area contributed by atoms with E-state index >= 15 is 0 Å². The summed E-state index contributed by atoms with van der Waals surface area (Å²) < 4.78 is 0. The van der Waals surface area contributed by atoms with Crippen LogP contribution in [0.5, 0.6) is 0 Å². The summed E-state index contributed by atoms with van der Waals surface area (Å²) in [7, 11) is 0. The molecule has 2 aromatic rings. The first-order valence-corrected chi connectivity index (χ1v) is 6.11. The largest absolute Gasteiger partial charge is 0.385 e. The van der Waals surface area contributed by atoms with E-state index in [1.165, 1.54) is 11.3 Å². The van der Waals surface area contributed by atoms with Gasteiger partial charge in [0.2, 0.25) is 0 Å². The van der Waals surface area contributed by atoms with Crippen LogP contribution in [0.4, 0.5) is 0 Å². The van der Waals surface area contributed by atoms with Crippen LogP contribution in [-0.2, 0) is 5.60 Å².